The van der Waals surface area contributed by atoms with Crippen molar-refractivity contribution in [2.45, 2.75) is 63.0 Å². The number of amides is 1. The number of piperazine rings is 1. The van der Waals surface area contributed by atoms with E-state index in [1.165, 1.54) is 12.1 Å². The molecule has 1 aliphatic carbocycles. The molecule has 180 valence electrons. The molecule has 9 heteroatoms. The van der Waals surface area contributed by atoms with Crippen LogP contribution in [0, 0.1) is 11.7 Å². The monoisotopic (exact) mass is 470 g/mol. The summed E-state index contributed by atoms with van der Waals surface area (Å²) in [6, 6.07) is 4.28. The van der Waals surface area contributed by atoms with Gasteiger partial charge in [-0.05, 0) is 70.6 Å². The third kappa shape index (κ3) is 6.81. The van der Waals surface area contributed by atoms with E-state index < -0.39 is 21.3 Å². The first-order valence-electron chi connectivity index (χ1n) is 11.3. The van der Waals surface area contributed by atoms with Gasteiger partial charge < -0.3 is 14.4 Å². The highest BCUT2D eigenvalue weighted by Gasteiger charge is 2.31. The van der Waals surface area contributed by atoms with Crippen LogP contribution in [0.4, 0.5) is 9.18 Å². The topological polar surface area (TPSA) is 76.2 Å². The average molecular weight is 471 g/mol. The highest BCUT2D eigenvalue weighted by Crippen LogP contribution is 2.30. The average Bonchev–Trinajstić information content (AvgIpc) is 2.71. The molecule has 0 unspecified atom stereocenters. The number of carbonyl (C=O) groups is 1. The van der Waals surface area contributed by atoms with Gasteiger partial charge in [-0.25, -0.2) is 17.6 Å². The van der Waals surface area contributed by atoms with E-state index in [2.05, 4.69) is 4.90 Å². The van der Waals surface area contributed by atoms with Gasteiger partial charge in [0.25, 0.3) is 0 Å². The summed E-state index contributed by atoms with van der Waals surface area (Å²) >= 11 is 0. The van der Waals surface area contributed by atoms with Gasteiger partial charge in [0, 0.05) is 38.5 Å². The molecule has 1 aromatic rings. The Kier molecular flexibility index (Phi) is 7.70. The standard InChI is InChI=1S/C23H35FN2O5S/c1-23(2,3)31-22(27)26-13-11-25(12-14-26)18-7-5-17(6-8-18)16-30-21-10-9-19(15-20(21)24)32(4,28)29/h9-10,15,17-18H,5-8,11-14,16H2,1-4H3. The predicted octanol–water partition coefficient (Wildman–Crippen LogP) is 3.72. The Labute approximate surface area is 190 Å². The summed E-state index contributed by atoms with van der Waals surface area (Å²) < 4.78 is 48.4. The molecule has 0 atom stereocenters. The maximum absolute atomic E-state index is 14.2. The lowest BCUT2D eigenvalue weighted by molar-refractivity contribution is 0.00652. The summed E-state index contributed by atoms with van der Waals surface area (Å²) in [5.41, 5.74) is -0.479. The molecule has 0 N–H and O–H groups in total. The molecule has 0 aromatic heterocycles. The second kappa shape index (κ2) is 9.95. The van der Waals surface area contributed by atoms with Crippen molar-refractivity contribution >= 4 is 15.9 Å². The molecule has 0 bridgehead atoms. The van der Waals surface area contributed by atoms with Crippen LogP contribution in [-0.2, 0) is 14.6 Å². The Hall–Kier alpha value is -1.87. The van der Waals surface area contributed by atoms with Gasteiger partial charge >= 0.3 is 6.09 Å². The smallest absolute Gasteiger partial charge is 0.410 e. The molecular formula is C23H35FN2O5S. The van der Waals surface area contributed by atoms with E-state index in [9.17, 15) is 17.6 Å². The van der Waals surface area contributed by atoms with Crippen LogP contribution in [0.1, 0.15) is 46.5 Å². The van der Waals surface area contributed by atoms with E-state index in [4.69, 9.17) is 9.47 Å². The Morgan fingerprint density at radius 2 is 1.72 bits per heavy atom. The first-order chi connectivity index (χ1) is 14.9. The lowest BCUT2D eigenvalue weighted by Crippen LogP contribution is -2.53. The lowest BCUT2D eigenvalue weighted by Gasteiger charge is -2.42. The van der Waals surface area contributed by atoms with Crippen LogP contribution in [0.15, 0.2) is 23.1 Å². The molecule has 32 heavy (non-hydrogen) atoms. The number of ether oxygens (including phenoxy) is 2. The highest BCUT2D eigenvalue weighted by molar-refractivity contribution is 7.90. The number of rotatable bonds is 5. The highest BCUT2D eigenvalue weighted by atomic mass is 32.2. The van der Waals surface area contributed by atoms with Crippen molar-refractivity contribution in [3.63, 3.8) is 0 Å². The van der Waals surface area contributed by atoms with Crippen LogP contribution in [-0.4, -0.2) is 75.0 Å². The molecule has 2 fully saturated rings. The molecule has 1 aliphatic heterocycles. The molecule has 1 saturated heterocycles. The first kappa shape index (κ1) is 24.8. The third-order valence-electron chi connectivity index (χ3n) is 6.10. The number of halogens is 1. The molecule has 0 radical (unpaired) electrons. The summed E-state index contributed by atoms with van der Waals surface area (Å²) in [4.78, 5) is 16.4. The molecule has 1 heterocycles. The Morgan fingerprint density at radius 3 is 2.25 bits per heavy atom. The van der Waals surface area contributed by atoms with Gasteiger partial charge in [0.05, 0.1) is 11.5 Å². The summed E-state index contributed by atoms with van der Waals surface area (Å²) in [7, 11) is -3.44. The van der Waals surface area contributed by atoms with Crippen molar-refractivity contribution in [1.82, 2.24) is 9.80 Å². The number of hydrogen-bond donors (Lipinski definition) is 0. The van der Waals surface area contributed by atoms with Gasteiger partial charge in [-0.3, -0.25) is 4.90 Å². The van der Waals surface area contributed by atoms with Crippen molar-refractivity contribution in [1.29, 1.82) is 0 Å². The zero-order valence-corrected chi connectivity index (χ0v) is 20.3. The van der Waals surface area contributed by atoms with Crippen molar-refractivity contribution in [3.8, 4) is 5.75 Å². The van der Waals surface area contributed by atoms with Gasteiger partial charge in [-0.1, -0.05) is 0 Å². The fraction of sp³-hybridized carbons (Fsp3) is 0.696. The van der Waals surface area contributed by atoms with E-state index in [0.29, 0.717) is 31.7 Å². The lowest BCUT2D eigenvalue weighted by atomic mass is 9.85. The van der Waals surface area contributed by atoms with E-state index in [0.717, 1.165) is 51.1 Å². The van der Waals surface area contributed by atoms with Gasteiger partial charge in [-0.15, -0.1) is 0 Å². The first-order valence-corrected chi connectivity index (χ1v) is 13.2. The summed E-state index contributed by atoms with van der Waals surface area (Å²) in [6.07, 6.45) is 4.92. The van der Waals surface area contributed by atoms with E-state index >= 15 is 0 Å². The zero-order valence-electron chi connectivity index (χ0n) is 19.5. The number of carbonyl (C=O) groups excluding carboxylic acids is 1. The normalized spacial score (nSPS) is 23.1. The number of benzene rings is 1. The molecular weight excluding hydrogens is 435 g/mol. The fourth-order valence-electron chi connectivity index (χ4n) is 4.31. The van der Waals surface area contributed by atoms with Gasteiger partial charge in [0.1, 0.15) is 5.60 Å². The van der Waals surface area contributed by atoms with Gasteiger partial charge in [0.15, 0.2) is 21.4 Å². The molecule has 3 rings (SSSR count). The van der Waals surface area contributed by atoms with Crippen molar-refractivity contribution in [3.05, 3.63) is 24.0 Å². The summed E-state index contributed by atoms with van der Waals surface area (Å²) in [6.45, 7) is 9.12. The van der Waals surface area contributed by atoms with E-state index in [-0.39, 0.29) is 16.7 Å². The summed E-state index contributed by atoms with van der Waals surface area (Å²) in [5, 5.41) is 0. The Balaban J connectivity index is 1.41. The van der Waals surface area contributed by atoms with Crippen LogP contribution in [0.3, 0.4) is 0 Å². The number of sulfone groups is 1. The van der Waals surface area contributed by atoms with Crippen molar-refractivity contribution in [2.24, 2.45) is 5.92 Å². The predicted molar refractivity (Wildman–Crippen MR) is 120 cm³/mol. The van der Waals surface area contributed by atoms with Crippen molar-refractivity contribution < 1.29 is 27.1 Å². The molecule has 1 saturated carbocycles. The van der Waals surface area contributed by atoms with Crippen LogP contribution < -0.4 is 4.74 Å². The maximum Gasteiger partial charge on any atom is 0.410 e. The van der Waals surface area contributed by atoms with Crippen molar-refractivity contribution in [2.75, 3.05) is 39.0 Å². The van der Waals surface area contributed by atoms with E-state index in [1.807, 2.05) is 20.8 Å². The summed E-state index contributed by atoms with van der Waals surface area (Å²) in [5.74, 6) is -0.203. The second-order valence-electron chi connectivity index (χ2n) is 9.85. The Bertz CT molecular complexity index is 899. The number of hydrogen-bond acceptors (Lipinski definition) is 6. The minimum absolute atomic E-state index is 0.0466. The zero-order chi connectivity index (χ0) is 23.5. The minimum atomic E-state index is -3.44. The maximum atomic E-state index is 14.2. The van der Waals surface area contributed by atoms with Crippen LogP contribution in [0.2, 0.25) is 0 Å². The third-order valence-corrected chi connectivity index (χ3v) is 7.21. The van der Waals surface area contributed by atoms with Gasteiger partial charge in [-0.2, -0.15) is 0 Å². The fourth-order valence-corrected chi connectivity index (χ4v) is 4.94. The largest absolute Gasteiger partial charge is 0.490 e. The SMILES string of the molecule is CC(C)(C)OC(=O)N1CCN(C2CCC(COc3ccc(S(C)(=O)=O)cc3F)CC2)CC1. The van der Waals surface area contributed by atoms with Gasteiger partial charge in [0.2, 0.25) is 0 Å². The second-order valence-corrected chi connectivity index (χ2v) is 11.9. The quantitative estimate of drug-likeness (QED) is 0.653. The van der Waals surface area contributed by atoms with Crippen LogP contribution in [0.5, 0.6) is 5.75 Å². The molecule has 2 aliphatic rings. The molecule has 1 aromatic carbocycles. The minimum Gasteiger partial charge on any atom is -0.490 e. The number of nitrogens with zero attached hydrogens (tertiary/aromatic N) is 2. The molecule has 0 spiro atoms. The Morgan fingerprint density at radius 1 is 1.09 bits per heavy atom. The molecule has 7 nitrogen and oxygen atoms in total. The van der Waals surface area contributed by atoms with Crippen LogP contribution >= 0.6 is 0 Å². The molecule has 1 amide bonds. The van der Waals surface area contributed by atoms with E-state index in [1.54, 1.807) is 4.90 Å². The van der Waals surface area contributed by atoms with Crippen LogP contribution in [0.25, 0.3) is 0 Å².